The molecule has 0 aliphatic carbocycles. The van der Waals surface area contributed by atoms with Gasteiger partial charge in [0.05, 0.1) is 0 Å². The maximum absolute atomic E-state index is 3.51. The number of hydrogen-bond donors (Lipinski definition) is 1. The molecule has 20 heavy (non-hydrogen) atoms. The minimum atomic E-state index is 0.703. The minimum Gasteiger partial charge on any atom is -0.385 e. The van der Waals surface area contributed by atoms with E-state index in [1.165, 1.54) is 47.2 Å². The largest absolute Gasteiger partial charge is 0.385 e. The number of rotatable bonds is 3. The third-order valence-corrected chi connectivity index (χ3v) is 4.56. The lowest BCUT2D eigenvalue weighted by molar-refractivity contribution is 0.579. The summed E-state index contributed by atoms with van der Waals surface area (Å²) < 4.78 is 0. The summed E-state index contributed by atoms with van der Waals surface area (Å²) in [5, 5.41) is 3.51. The number of benzene rings is 2. The normalized spacial score (nSPS) is 17.4. The average molecular weight is 265 g/mol. The van der Waals surface area contributed by atoms with Crippen LogP contribution < -0.4 is 5.32 Å². The van der Waals surface area contributed by atoms with Crippen LogP contribution in [-0.4, -0.2) is 6.54 Å². The highest BCUT2D eigenvalue weighted by atomic mass is 14.9. The zero-order chi connectivity index (χ0) is 13.9. The summed E-state index contributed by atoms with van der Waals surface area (Å²) in [5.41, 5.74) is 7.12. The average Bonchev–Trinajstić information content (AvgIpc) is 2.48. The van der Waals surface area contributed by atoms with Crippen molar-refractivity contribution in [3.05, 3.63) is 64.7 Å². The van der Waals surface area contributed by atoms with E-state index in [-0.39, 0.29) is 0 Å². The van der Waals surface area contributed by atoms with Gasteiger partial charge in [-0.15, -0.1) is 0 Å². The molecule has 1 heteroatoms. The summed E-state index contributed by atoms with van der Waals surface area (Å²) in [7, 11) is 0. The van der Waals surface area contributed by atoms with Crippen molar-refractivity contribution in [1.29, 1.82) is 0 Å². The highest BCUT2D eigenvalue weighted by Crippen LogP contribution is 2.34. The smallest absolute Gasteiger partial charge is 0.0375 e. The fourth-order valence-corrected chi connectivity index (χ4v) is 3.15. The maximum atomic E-state index is 3.51. The van der Waals surface area contributed by atoms with Gasteiger partial charge in [-0.25, -0.2) is 0 Å². The third kappa shape index (κ3) is 2.72. The van der Waals surface area contributed by atoms with Crippen LogP contribution in [0.15, 0.2) is 42.5 Å². The first kappa shape index (κ1) is 13.2. The summed E-state index contributed by atoms with van der Waals surface area (Å²) in [5.74, 6) is 0.703. The van der Waals surface area contributed by atoms with E-state index in [2.05, 4.69) is 61.6 Å². The van der Waals surface area contributed by atoms with Crippen LogP contribution in [0, 0.1) is 13.8 Å². The Labute approximate surface area is 122 Å². The van der Waals surface area contributed by atoms with E-state index in [0.29, 0.717) is 5.92 Å². The molecule has 1 nitrogen and oxygen atoms in total. The summed E-state index contributed by atoms with van der Waals surface area (Å²) in [6, 6.07) is 15.7. The second-order valence-corrected chi connectivity index (χ2v) is 5.96. The third-order valence-electron chi connectivity index (χ3n) is 4.56. The Morgan fingerprint density at radius 2 is 1.90 bits per heavy atom. The molecule has 0 fully saturated rings. The van der Waals surface area contributed by atoms with Gasteiger partial charge in [-0.05, 0) is 67.3 Å². The van der Waals surface area contributed by atoms with Crippen LogP contribution in [-0.2, 0) is 6.42 Å². The van der Waals surface area contributed by atoms with Gasteiger partial charge in [-0.1, -0.05) is 36.4 Å². The molecule has 1 N–H and O–H groups in total. The highest BCUT2D eigenvalue weighted by molar-refractivity contribution is 5.54. The van der Waals surface area contributed by atoms with Crippen molar-refractivity contribution in [2.45, 2.75) is 39.0 Å². The molecular formula is C19H23N. The van der Waals surface area contributed by atoms with Gasteiger partial charge in [-0.3, -0.25) is 0 Å². The molecule has 1 atom stereocenters. The summed E-state index contributed by atoms with van der Waals surface area (Å²) in [6.45, 7) is 5.50. The van der Waals surface area contributed by atoms with Crippen LogP contribution >= 0.6 is 0 Å². The van der Waals surface area contributed by atoms with Gasteiger partial charge >= 0.3 is 0 Å². The standard InChI is InChI=1S/C19H23N/c1-14-7-8-16(13-15(14)2)9-10-17-11-12-20-19-6-4-3-5-18(17)19/h3-8,13,17,20H,9-12H2,1-2H3. The Balaban J connectivity index is 1.71. The number of para-hydroxylation sites is 1. The molecule has 0 spiro atoms. The lowest BCUT2D eigenvalue weighted by atomic mass is 9.86. The van der Waals surface area contributed by atoms with E-state index in [4.69, 9.17) is 0 Å². The Bertz CT molecular complexity index is 600. The first-order valence-corrected chi connectivity index (χ1v) is 7.63. The molecular weight excluding hydrogens is 242 g/mol. The molecule has 3 rings (SSSR count). The number of fused-ring (bicyclic) bond motifs is 1. The summed E-state index contributed by atoms with van der Waals surface area (Å²) in [6.07, 6.45) is 3.68. The van der Waals surface area contributed by atoms with E-state index >= 15 is 0 Å². The quantitative estimate of drug-likeness (QED) is 0.837. The number of nitrogens with one attached hydrogen (secondary N) is 1. The molecule has 0 amide bonds. The Morgan fingerprint density at radius 3 is 2.75 bits per heavy atom. The molecule has 104 valence electrons. The number of anilines is 1. The van der Waals surface area contributed by atoms with Gasteiger partial charge in [-0.2, -0.15) is 0 Å². The van der Waals surface area contributed by atoms with Crippen LogP contribution in [0.3, 0.4) is 0 Å². The van der Waals surface area contributed by atoms with Crippen molar-refractivity contribution >= 4 is 5.69 Å². The van der Waals surface area contributed by atoms with E-state index < -0.39 is 0 Å². The van der Waals surface area contributed by atoms with E-state index in [0.717, 1.165) is 6.54 Å². The lowest BCUT2D eigenvalue weighted by Gasteiger charge is -2.26. The summed E-state index contributed by atoms with van der Waals surface area (Å²) in [4.78, 5) is 0. The summed E-state index contributed by atoms with van der Waals surface area (Å²) >= 11 is 0. The molecule has 0 aromatic heterocycles. The van der Waals surface area contributed by atoms with Crippen molar-refractivity contribution in [3.63, 3.8) is 0 Å². The SMILES string of the molecule is Cc1ccc(CCC2CCNc3ccccc32)cc1C. The molecule has 1 aliphatic heterocycles. The zero-order valence-electron chi connectivity index (χ0n) is 12.4. The topological polar surface area (TPSA) is 12.0 Å². The van der Waals surface area contributed by atoms with E-state index in [1.54, 1.807) is 0 Å². The predicted molar refractivity (Wildman–Crippen MR) is 86.5 cm³/mol. The van der Waals surface area contributed by atoms with Gasteiger partial charge in [0.2, 0.25) is 0 Å². The Morgan fingerprint density at radius 1 is 1.05 bits per heavy atom. The van der Waals surface area contributed by atoms with E-state index in [1.807, 2.05) is 0 Å². The molecule has 1 heterocycles. The van der Waals surface area contributed by atoms with Gasteiger partial charge in [0.25, 0.3) is 0 Å². The fourth-order valence-electron chi connectivity index (χ4n) is 3.15. The molecule has 0 bridgehead atoms. The van der Waals surface area contributed by atoms with Crippen molar-refractivity contribution in [2.75, 3.05) is 11.9 Å². The van der Waals surface area contributed by atoms with Crippen molar-refractivity contribution < 1.29 is 0 Å². The van der Waals surface area contributed by atoms with Gasteiger partial charge in [0.1, 0.15) is 0 Å². The van der Waals surface area contributed by atoms with Crippen LogP contribution in [0.2, 0.25) is 0 Å². The lowest BCUT2D eigenvalue weighted by Crippen LogP contribution is -2.17. The second-order valence-electron chi connectivity index (χ2n) is 5.96. The molecule has 2 aromatic carbocycles. The van der Waals surface area contributed by atoms with Crippen molar-refractivity contribution in [2.24, 2.45) is 0 Å². The van der Waals surface area contributed by atoms with Crippen LogP contribution in [0.1, 0.15) is 41.0 Å². The highest BCUT2D eigenvalue weighted by Gasteiger charge is 2.19. The van der Waals surface area contributed by atoms with Gasteiger partial charge < -0.3 is 5.32 Å². The predicted octanol–water partition coefficient (Wildman–Crippen LogP) is 4.84. The minimum absolute atomic E-state index is 0.703. The van der Waals surface area contributed by atoms with Crippen LogP contribution in [0.4, 0.5) is 5.69 Å². The van der Waals surface area contributed by atoms with Crippen LogP contribution in [0.25, 0.3) is 0 Å². The molecule has 0 radical (unpaired) electrons. The van der Waals surface area contributed by atoms with E-state index in [9.17, 15) is 0 Å². The molecule has 2 aromatic rings. The fraction of sp³-hybridized carbons (Fsp3) is 0.368. The Hall–Kier alpha value is -1.76. The first-order chi connectivity index (χ1) is 9.74. The molecule has 0 saturated carbocycles. The monoisotopic (exact) mass is 265 g/mol. The van der Waals surface area contributed by atoms with Gasteiger partial charge in [0, 0.05) is 12.2 Å². The molecule has 0 saturated heterocycles. The number of aryl methyl sites for hydroxylation is 3. The molecule has 1 aliphatic rings. The van der Waals surface area contributed by atoms with Crippen molar-refractivity contribution in [1.82, 2.24) is 0 Å². The Kier molecular flexibility index (Phi) is 3.77. The molecule has 1 unspecified atom stereocenters. The zero-order valence-corrected chi connectivity index (χ0v) is 12.4. The van der Waals surface area contributed by atoms with Crippen molar-refractivity contribution in [3.8, 4) is 0 Å². The van der Waals surface area contributed by atoms with Gasteiger partial charge in [0.15, 0.2) is 0 Å². The second kappa shape index (κ2) is 5.70. The first-order valence-electron chi connectivity index (χ1n) is 7.63. The maximum Gasteiger partial charge on any atom is 0.0375 e. The number of hydrogen-bond acceptors (Lipinski definition) is 1. The van der Waals surface area contributed by atoms with Crippen LogP contribution in [0.5, 0.6) is 0 Å².